The number of fused-ring (bicyclic) bond motifs is 1. The molecular formula is C24H29N9O7. The maximum atomic E-state index is 12.6. The highest BCUT2D eigenvalue weighted by atomic mass is 16.7. The number of nitrogens with two attached hydrogens (primary N) is 1. The summed E-state index contributed by atoms with van der Waals surface area (Å²) in [6, 6.07) is 4.97. The van der Waals surface area contributed by atoms with Crippen LogP contribution in [0.25, 0.3) is 11.2 Å². The van der Waals surface area contributed by atoms with Gasteiger partial charge in [0.05, 0.1) is 44.8 Å². The molecule has 1 atom stereocenters. The van der Waals surface area contributed by atoms with E-state index in [2.05, 4.69) is 47.8 Å². The first-order valence-electron chi connectivity index (χ1n) is 12.1. The van der Waals surface area contributed by atoms with E-state index in [0.717, 1.165) is 0 Å². The number of nitrogens with one attached hydrogen (secondary N) is 4. The van der Waals surface area contributed by atoms with E-state index in [0.29, 0.717) is 24.5 Å². The Bertz CT molecular complexity index is 1400. The third-order valence-electron chi connectivity index (χ3n) is 5.28. The average Bonchev–Trinajstić information content (AvgIpc) is 2.93. The quantitative estimate of drug-likeness (QED) is 0.0754. The van der Waals surface area contributed by atoms with Gasteiger partial charge in [-0.1, -0.05) is 0 Å². The van der Waals surface area contributed by atoms with E-state index in [1.54, 1.807) is 12.1 Å². The van der Waals surface area contributed by atoms with Gasteiger partial charge in [0, 0.05) is 17.7 Å². The summed E-state index contributed by atoms with van der Waals surface area (Å²) in [7, 11) is 0. The lowest BCUT2D eigenvalue weighted by molar-refractivity contribution is -0.140. The van der Waals surface area contributed by atoms with Crippen molar-refractivity contribution in [1.82, 2.24) is 30.7 Å². The van der Waals surface area contributed by atoms with Gasteiger partial charge in [-0.3, -0.25) is 29.2 Å². The maximum Gasteiger partial charge on any atom is 0.326 e. The normalized spacial score (nSPS) is 11.5. The molecule has 2 aromatic heterocycles. The van der Waals surface area contributed by atoms with Gasteiger partial charge in [0.15, 0.2) is 11.2 Å². The smallest absolute Gasteiger partial charge is 0.326 e. The topological polar surface area (TPSA) is 236 Å². The summed E-state index contributed by atoms with van der Waals surface area (Å²) in [5, 5.41) is 15.0. The van der Waals surface area contributed by atoms with Crippen molar-refractivity contribution in [3.63, 3.8) is 0 Å². The van der Waals surface area contributed by atoms with Gasteiger partial charge >= 0.3 is 5.97 Å². The minimum Gasteiger partial charge on any atom is -0.480 e. The minimum absolute atomic E-state index is 0.0533. The lowest BCUT2D eigenvalue weighted by Crippen LogP contribution is -2.41. The Kier molecular flexibility index (Phi) is 11.0. The van der Waals surface area contributed by atoms with Crippen molar-refractivity contribution in [3.8, 4) is 0 Å². The lowest BCUT2D eigenvalue weighted by atomic mass is 10.1. The fraction of sp³-hybridized carbons (Fsp3) is 0.333. The molecule has 7 N–H and O–H groups in total. The van der Waals surface area contributed by atoms with Crippen LogP contribution >= 0.6 is 0 Å². The van der Waals surface area contributed by atoms with Crippen LogP contribution in [-0.2, 0) is 25.7 Å². The van der Waals surface area contributed by atoms with Crippen molar-refractivity contribution in [2.24, 2.45) is 4.99 Å². The van der Waals surface area contributed by atoms with Crippen LogP contribution in [0.15, 0.2) is 40.2 Å². The number of carbonyl (C=O) groups excluding carboxylic acids is 2. The van der Waals surface area contributed by atoms with E-state index < -0.39 is 29.4 Å². The summed E-state index contributed by atoms with van der Waals surface area (Å²) < 4.78 is 5.17. The first-order valence-corrected chi connectivity index (χ1v) is 12.1. The van der Waals surface area contributed by atoms with Crippen LogP contribution in [0.2, 0.25) is 0 Å². The van der Waals surface area contributed by atoms with E-state index >= 15 is 0 Å². The van der Waals surface area contributed by atoms with Gasteiger partial charge in [-0.2, -0.15) is 4.98 Å². The number of carboxylic acid groups (broad SMARTS) is 1. The fourth-order valence-corrected chi connectivity index (χ4v) is 3.28. The molecule has 40 heavy (non-hydrogen) atoms. The largest absolute Gasteiger partial charge is 0.480 e. The Labute approximate surface area is 227 Å². The van der Waals surface area contributed by atoms with Crippen LogP contribution in [0.4, 0.5) is 11.6 Å². The molecule has 16 heteroatoms. The molecule has 3 aromatic rings. The van der Waals surface area contributed by atoms with Crippen LogP contribution in [0.1, 0.15) is 28.9 Å². The average molecular weight is 556 g/mol. The van der Waals surface area contributed by atoms with Gasteiger partial charge in [-0.25, -0.2) is 20.2 Å². The number of anilines is 2. The van der Waals surface area contributed by atoms with E-state index in [-0.39, 0.29) is 55.3 Å². The zero-order valence-corrected chi connectivity index (χ0v) is 21.4. The Balaban J connectivity index is 1.45. The van der Waals surface area contributed by atoms with E-state index in [1.807, 2.05) is 0 Å². The number of H-pyrrole nitrogens is 1. The van der Waals surface area contributed by atoms with Gasteiger partial charge in [-0.05, 0) is 37.4 Å². The summed E-state index contributed by atoms with van der Waals surface area (Å²) in [5.41, 5.74) is 8.71. The van der Waals surface area contributed by atoms with Crippen molar-refractivity contribution in [3.05, 3.63) is 52.1 Å². The number of hydrogen-bond donors (Lipinski definition) is 6. The third-order valence-corrected chi connectivity index (χ3v) is 5.28. The maximum absolute atomic E-state index is 12.6. The Morgan fingerprint density at radius 3 is 2.65 bits per heavy atom. The third kappa shape index (κ3) is 9.10. The second-order valence-electron chi connectivity index (χ2n) is 8.25. The van der Waals surface area contributed by atoms with E-state index in [9.17, 15) is 24.3 Å². The van der Waals surface area contributed by atoms with Crippen molar-refractivity contribution in [2.75, 3.05) is 37.4 Å². The van der Waals surface area contributed by atoms with Gasteiger partial charge in [0.1, 0.15) is 6.04 Å². The Hall–Kier alpha value is -4.96. The molecule has 2 heterocycles. The van der Waals surface area contributed by atoms with Gasteiger partial charge in [0.25, 0.3) is 11.5 Å². The second-order valence-corrected chi connectivity index (χ2v) is 8.25. The van der Waals surface area contributed by atoms with Crippen LogP contribution < -0.4 is 27.4 Å². The van der Waals surface area contributed by atoms with Crippen LogP contribution in [0, 0.1) is 0 Å². The first-order chi connectivity index (χ1) is 19.3. The Morgan fingerprint density at radius 2 is 1.93 bits per heavy atom. The van der Waals surface area contributed by atoms with E-state index in [4.69, 9.17) is 15.3 Å². The predicted octanol–water partition coefficient (Wildman–Crippen LogP) is -0.364. The van der Waals surface area contributed by atoms with Crippen LogP contribution in [0.3, 0.4) is 0 Å². The number of carboxylic acids is 1. The number of aliphatic carboxylic acids is 1. The predicted molar refractivity (Wildman–Crippen MR) is 144 cm³/mol. The number of amides is 2. The van der Waals surface area contributed by atoms with Crippen molar-refractivity contribution in [1.29, 1.82) is 0 Å². The number of hydrogen-bond acceptors (Lipinski definition) is 12. The molecule has 0 saturated heterocycles. The summed E-state index contributed by atoms with van der Waals surface area (Å²) in [4.78, 5) is 71.3. The minimum atomic E-state index is -1.29. The summed E-state index contributed by atoms with van der Waals surface area (Å²) >= 11 is 0. The van der Waals surface area contributed by atoms with Crippen LogP contribution in [0.5, 0.6) is 0 Å². The van der Waals surface area contributed by atoms with Gasteiger partial charge in [0.2, 0.25) is 11.9 Å². The monoisotopic (exact) mass is 555 g/mol. The number of hydroxylamine groups is 1. The second kappa shape index (κ2) is 14.8. The number of nitrogens with zero attached hydrogens (tertiary/aromatic N) is 4. The lowest BCUT2D eigenvalue weighted by Gasteiger charge is -2.15. The molecule has 0 radical (unpaired) electrons. The van der Waals surface area contributed by atoms with Crippen molar-refractivity contribution in [2.45, 2.75) is 25.4 Å². The number of carbonyl (C=O) groups is 3. The van der Waals surface area contributed by atoms with Gasteiger partial charge < -0.3 is 26.2 Å². The fourth-order valence-electron chi connectivity index (χ4n) is 3.28. The molecule has 0 aliphatic rings. The summed E-state index contributed by atoms with van der Waals surface area (Å²) in [6.45, 7) is 4.74. The van der Waals surface area contributed by atoms with Crippen molar-refractivity contribution < 1.29 is 29.1 Å². The number of rotatable bonds is 16. The number of aromatic nitrogens is 4. The van der Waals surface area contributed by atoms with E-state index in [1.165, 1.54) is 18.3 Å². The molecule has 212 valence electrons. The highest BCUT2D eigenvalue weighted by molar-refractivity contribution is 5.97. The molecule has 0 bridgehead atoms. The number of aliphatic imine (C=N–C) groups is 1. The molecule has 3 rings (SSSR count). The summed E-state index contributed by atoms with van der Waals surface area (Å²) in [6.07, 6.45) is 1.13. The SMILES string of the molecule is C=NCCOCCONC(=O)CCC(NC(=O)c1ccc(NCc2cnc3nc(N)[nH]c(=O)c3n2)cc1)C(=O)O. The highest BCUT2D eigenvalue weighted by Crippen LogP contribution is 2.12. The Morgan fingerprint density at radius 1 is 1.15 bits per heavy atom. The number of benzene rings is 1. The molecule has 2 amide bonds. The van der Waals surface area contributed by atoms with Gasteiger partial charge in [-0.15, -0.1) is 0 Å². The molecule has 0 aliphatic carbocycles. The zero-order valence-electron chi connectivity index (χ0n) is 21.4. The van der Waals surface area contributed by atoms with Crippen molar-refractivity contribution >= 4 is 47.3 Å². The molecule has 0 spiro atoms. The molecule has 1 unspecified atom stereocenters. The highest BCUT2D eigenvalue weighted by Gasteiger charge is 2.22. The standard InChI is InChI=1S/C24H29N9O7/c1-26-8-9-39-10-11-40-33-18(34)7-6-17(23(37)38)30-21(35)14-2-4-15(5-3-14)27-12-16-13-28-20-19(29-16)22(36)32-24(25)31-20/h2-5,13,17,27H,1,6-12H2,(H,30,35)(H,33,34)(H,37,38)(H3,25,28,31,32,36). The summed E-state index contributed by atoms with van der Waals surface area (Å²) in [5.74, 6) is -2.49. The number of nitrogen functional groups attached to an aromatic ring is 1. The molecular weight excluding hydrogens is 526 g/mol. The number of ether oxygens (including phenoxy) is 1. The molecule has 1 aromatic carbocycles. The first kappa shape index (κ1) is 29.6. The molecule has 16 nitrogen and oxygen atoms in total. The molecule has 0 fully saturated rings. The molecule has 0 saturated carbocycles. The molecule has 0 aliphatic heterocycles. The number of aromatic amines is 1. The van der Waals surface area contributed by atoms with Crippen LogP contribution in [-0.4, -0.2) is 82.0 Å². The zero-order chi connectivity index (χ0) is 28.9.